The van der Waals surface area contributed by atoms with E-state index in [1.54, 1.807) is 6.92 Å². The second kappa shape index (κ2) is 25.4. The Morgan fingerprint density at radius 1 is 0.943 bits per heavy atom. The molecule has 204 valence electrons. The summed E-state index contributed by atoms with van der Waals surface area (Å²) in [4.78, 5) is 14.7. The van der Waals surface area contributed by atoms with E-state index in [1.807, 2.05) is 71.9 Å². The Balaban J connectivity index is 0. The number of amidine groups is 1. The van der Waals surface area contributed by atoms with Crippen molar-refractivity contribution in [2.45, 2.75) is 144 Å². The summed E-state index contributed by atoms with van der Waals surface area (Å²) < 4.78 is 0. The number of nitrogens with one attached hydrogen (secondary N) is 1. The molecule has 3 rings (SSSR count). The lowest BCUT2D eigenvalue weighted by atomic mass is 9.85. The van der Waals surface area contributed by atoms with Crippen molar-refractivity contribution in [2.24, 2.45) is 16.6 Å². The topological polar surface area (TPSA) is 67.5 Å². The first-order chi connectivity index (χ1) is 17.1. The first-order valence-electron chi connectivity index (χ1n) is 14.6. The van der Waals surface area contributed by atoms with Gasteiger partial charge in [0.2, 0.25) is 0 Å². The van der Waals surface area contributed by atoms with E-state index in [-0.39, 0.29) is 6.04 Å². The van der Waals surface area contributed by atoms with Crippen LogP contribution in [0, 0.1) is 5.92 Å². The molecule has 1 aromatic rings. The van der Waals surface area contributed by atoms with Gasteiger partial charge in [-0.15, -0.1) is 0 Å². The lowest BCUT2D eigenvalue weighted by Crippen LogP contribution is -2.41. The molecule has 0 amide bonds. The lowest BCUT2D eigenvalue weighted by Gasteiger charge is -2.33. The zero-order chi connectivity index (χ0) is 26.9. The summed E-state index contributed by atoms with van der Waals surface area (Å²) in [6.07, 6.45) is 15.4. The number of nitrogens with zero attached hydrogens (tertiary/aromatic N) is 1. The molecule has 1 aromatic carbocycles. The van der Waals surface area contributed by atoms with Crippen molar-refractivity contribution in [3.8, 4) is 0 Å². The SMILES string of the molecule is CC.CC.CC.CC(N)=NC(C=O)CCc1ccccc1.CC1CCCC(NC2CCCCC2)C1. The summed E-state index contributed by atoms with van der Waals surface area (Å²) in [5.74, 6) is 1.42. The van der Waals surface area contributed by atoms with Crippen LogP contribution in [0.3, 0.4) is 0 Å². The van der Waals surface area contributed by atoms with Crippen LogP contribution in [0.25, 0.3) is 0 Å². The van der Waals surface area contributed by atoms with E-state index < -0.39 is 0 Å². The van der Waals surface area contributed by atoms with Crippen molar-refractivity contribution in [1.82, 2.24) is 5.32 Å². The van der Waals surface area contributed by atoms with Crippen LogP contribution in [-0.4, -0.2) is 30.2 Å². The molecular weight excluding hydrogens is 430 g/mol. The largest absolute Gasteiger partial charge is 0.388 e. The third-order valence-electron chi connectivity index (χ3n) is 6.11. The van der Waals surface area contributed by atoms with Crippen molar-refractivity contribution < 1.29 is 4.79 Å². The number of nitrogens with two attached hydrogens (primary N) is 1. The first-order valence-corrected chi connectivity index (χ1v) is 14.6. The molecular formula is C31H59N3O. The van der Waals surface area contributed by atoms with E-state index in [2.05, 4.69) is 17.2 Å². The number of carbonyl (C=O) groups is 1. The quantitative estimate of drug-likeness (QED) is 0.231. The van der Waals surface area contributed by atoms with Gasteiger partial charge in [-0.05, 0) is 56.9 Å². The molecule has 0 heterocycles. The van der Waals surface area contributed by atoms with Gasteiger partial charge in [0.15, 0.2) is 0 Å². The van der Waals surface area contributed by atoms with E-state index >= 15 is 0 Å². The minimum atomic E-state index is -0.310. The molecule has 4 nitrogen and oxygen atoms in total. The molecule has 2 fully saturated rings. The zero-order valence-electron chi connectivity index (χ0n) is 24.5. The Hall–Kier alpha value is -1.68. The van der Waals surface area contributed by atoms with Gasteiger partial charge in [-0.25, -0.2) is 0 Å². The van der Waals surface area contributed by atoms with Crippen LogP contribution in [0.15, 0.2) is 35.3 Å². The Morgan fingerprint density at radius 3 is 2.03 bits per heavy atom. The molecule has 3 atom stereocenters. The van der Waals surface area contributed by atoms with E-state index in [0.717, 1.165) is 30.7 Å². The van der Waals surface area contributed by atoms with E-state index in [1.165, 1.54) is 63.4 Å². The summed E-state index contributed by atoms with van der Waals surface area (Å²) in [6, 6.07) is 11.4. The van der Waals surface area contributed by atoms with Crippen molar-refractivity contribution in [2.75, 3.05) is 0 Å². The molecule has 2 aliphatic rings. The predicted octanol–water partition coefficient (Wildman–Crippen LogP) is 8.13. The summed E-state index contributed by atoms with van der Waals surface area (Å²) in [6.45, 7) is 16.1. The highest BCUT2D eigenvalue weighted by Crippen LogP contribution is 2.26. The van der Waals surface area contributed by atoms with E-state index in [0.29, 0.717) is 12.3 Å². The van der Waals surface area contributed by atoms with Crippen LogP contribution in [0.1, 0.15) is 125 Å². The van der Waals surface area contributed by atoms with Gasteiger partial charge >= 0.3 is 0 Å². The standard InChI is InChI=1S/C13H25N.C12H16N2O.3C2H6/c1-11-6-5-9-13(10-11)14-12-7-3-2-4-8-12;1-10(13)14-12(9-15)8-7-11-5-3-2-4-6-11;3*1-2/h11-14H,2-10H2,1H3;2-6,9,12H,7-8H2,1H3,(H2,13,14);3*1-2H3. The van der Waals surface area contributed by atoms with Crippen LogP contribution in [-0.2, 0) is 11.2 Å². The van der Waals surface area contributed by atoms with Crippen LogP contribution in [0.4, 0.5) is 0 Å². The molecule has 0 saturated heterocycles. The summed E-state index contributed by atoms with van der Waals surface area (Å²) in [5.41, 5.74) is 6.65. The van der Waals surface area contributed by atoms with Crippen LogP contribution in [0.2, 0.25) is 0 Å². The fourth-order valence-electron chi connectivity index (χ4n) is 4.57. The summed E-state index contributed by atoms with van der Waals surface area (Å²) >= 11 is 0. The molecule has 2 aliphatic carbocycles. The summed E-state index contributed by atoms with van der Waals surface area (Å²) in [7, 11) is 0. The number of aryl methyl sites for hydroxylation is 1. The number of aldehydes is 1. The smallest absolute Gasteiger partial charge is 0.144 e. The average Bonchev–Trinajstić information content (AvgIpc) is 2.91. The van der Waals surface area contributed by atoms with Gasteiger partial charge in [0.1, 0.15) is 12.3 Å². The lowest BCUT2D eigenvalue weighted by molar-refractivity contribution is -0.108. The number of carbonyl (C=O) groups excluding carboxylic acids is 1. The molecule has 0 radical (unpaired) electrons. The van der Waals surface area contributed by atoms with Crippen LogP contribution in [0.5, 0.6) is 0 Å². The third kappa shape index (κ3) is 19.2. The number of hydrogen-bond acceptors (Lipinski definition) is 3. The molecule has 0 bridgehead atoms. The molecule has 35 heavy (non-hydrogen) atoms. The molecule has 4 heteroatoms. The fourth-order valence-corrected chi connectivity index (χ4v) is 4.57. The molecule has 2 saturated carbocycles. The highest BCUT2D eigenvalue weighted by Gasteiger charge is 2.22. The molecule has 0 aromatic heterocycles. The van der Waals surface area contributed by atoms with Crippen molar-refractivity contribution >= 4 is 12.1 Å². The van der Waals surface area contributed by atoms with Gasteiger partial charge in [-0.2, -0.15) is 0 Å². The van der Waals surface area contributed by atoms with Gasteiger partial charge in [-0.3, -0.25) is 4.99 Å². The third-order valence-corrected chi connectivity index (χ3v) is 6.11. The highest BCUT2D eigenvalue weighted by atomic mass is 16.1. The highest BCUT2D eigenvalue weighted by molar-refractivity contribution is 5.79. The average molecular weight is 490 g/mol. The van der Waals surface area contributed by atoms with Gasteiger partial charge in [0.05, 0.1) is 5.84 Å². The molecule has 3 unspecified atom stereocenters. The zero-order valence-corrected chi connectivity index (χ0v) is 24.5. The summed E-state index contributed by atoms with van der Waals surface area (Å²) in [5, 5.41) is 3.89. The maximum absolute atomic E-state index is 10.7. The molecule has 0 spiro atoms. The second-order valence-corrected chi connectivity index (χ2v) is 8.97. The Labute approximate surface area is 219 Å². The molecule has 0 aliphatic heterocycles. The number of aliphatic imine (C=N–C) groups is 1. The Morgan fingerprint density at radius 2 is 1.51 bits per heavy atom. The molecule has 3 N–H and O–H groups in total. The van der Waals surface area contributed by atoms with Gasteiger partial charge in [-0.1, -0.05) is 111 Å². The first kappa shape index (κ1) is 35.5. The number of benzene rings is 1. The van der Waals surface area contributed by atoms with Gasteiger partial charge < -0.3 is 15.8 Å². The Bertz CT molecular complexity index is 593. The number of rotatable bonds is 7. The maximum Gasteiger partial charge on any atom is 0.144 e. The van der Waals surface area contributed by atoms with Gasteiger partial charge in [0.25, 0.3) is 0 Å². The minimum Gasteiger partial charge on any atom is -0.388 e. The van der Waals surface area contributed by atoms with Crippen molar-refractivity contribution in [1.29, 1.82) is 0 Å². The van der Waals surface area contributed by atoms with Crippen molar-refractivity contribution in [3.63, 3.8) is 0 Å². The van der Waals surface area contributed by atoms with Gasteiger partial charge in [0, 0.05) is 12.1 Å². The monoisotopic (exact) mass is 489 g/mol. The second-order valence-electron chi connectivity index (χ2n) is 8.97. The fraction of sp³-hybridized carbons (Fsp3) is 0.742. The van der Waals surface area contributed by atoms with Crippen molar-refractivity contribution in [3.05, 3.63) is 35.9 Å². The van der Waals surface area contributed by atoms with E-state index in [4.69, 9.17) is 5.73 Å². The normalized spacial score (nSPS) is 20.6. The van der Waals surface area contributed by atoms with Crippen LogP contribution >= 0.6 is 0 Å². The van der Waals surface area contributed by atoms with E-state index in [9.17, 15) is 4.79 Å². The van der Waals surface area contributed by atoms with Crippen LogP contribution < -0.4 is 11.1 Å². The number of hydrogen-bond donors (Lipinski definition) is 2. The maximum atomic E-state index is 10.7. The predicted molar refractivity (Wildman–Crippen MR) is 157 cm³/mol. The minimum absolute atomic E-state index is 0.310. The Kier molecular flexibility index (Phi) is 25.8.